The van der Waals surface area contributed by atoms with E-state index in [1.54, 1.807) is 21.1 Å². The van der Waals surface area contributed by atoms with Crippen LogP contribution >= 0.6 is 0 Å². The van der Waals surface area contributed by atoms with Crippen LogP contribution in [0, 0.1) is 6.92 Å². The van der Waals surface area contributed by atoms with E-state index in [4.69, 9.17) is 18.6 Å². The Morgan fingerprint density at radius 3 is 2.17 bits per heavy atom. The number of carbonyl (C=O) groups is 1. The quantitative estimate of drug-likeness (QED) is 0.558. The van der Waals surface area contributed by atoms with Crippen LogP contribution in [0.5, 0.6) is 17.2 Å². The lowest BCUT2D eigenvalue weighted by atomic mass is 10.2. The zero-order chi connectivity index (χ0) is 20.6. The molecule has 1 N–H and O–H groups in total. The van der Waals surface area contributed by atoms with E-state index in [1.807, 2.05) is 48.5 Å². The predicted octanol–water partition coefficient (Wildman–Crippen LogP) is 3.40. The molecule has 1 aromatic heterocycles. The van der Waals surface area contributed by atoms with Crippen LogP contribution in [0.15, 0.2) is 52.9 Å². The van der Waals surface area contributed by atoms with Gasteiger partial charge >= 0.3 is 0 Å². The van der Waals surface area contributed by atoms with E-state index in [2.05, 4.69) is 10.3 Å². The molecule has 152 valence electrons. The van der Waals surface area contributed by atoms with Gasteiger partial charge in [-0.25, -0.2) is 4.98 Å². The van der Waals surface area contributed by atoms with Crippen LogP contribution in [0.2, 0.25) is 0 Å². The standard InChI is InChI=1S/C22H24N2O5/c1-15-20(24-22(29-15)16-4-6-17(26-2)7-5-16)14-21(25)23-12-13-28-19-10-8-18(27-3)9-11-19/h4-11H,12-14H2,1-3H3,(H,23,25). The van der Waals surface area contributed by atoms with Crippen molar-refractivity contribution in [2.75, 3.05) is 27.4 Å². The maximum Gasteiger partial charge on any atom is 0.226 e. The SMILES string of the molecule is COc1ccc(OCCNC(=O)Cc2nc(-c3ccc(OC)cc3)oc2C)cc1. The van der Waals surface area contributed by atoms with Crippen molar-refractivity contribution in [3.63, 3.8) is 0 Å². The van der Waals surface area contributed by atoms with Crippen molar-refractivity contribution >= 4 is 5.91 Å². The van der Waals surface area contributed by atoms with Gasteiger partial charge in [0, 0.05) is 5.56 Å². The first-order chi connectivity index (χ1) is 14.1. The number of hydrogen-bond donors (Lipinski definition) is 1. The smallest absolute Gasteiger partial charge is 0.226 e. The number of benzene rings is 2. The number of ether oxygens (including phenoxy) is 3. The van der Waals surface area contributed by atoms with Crippen LogP contribution in [0.25, 0.3) is 11.5 Å². The molecule has 0 fully saturated rings. The Hall–Kier alpha value is -3.48. The maximum atomic E-state index is 12.2. The summed E-state index contributed by atoms with van der Waals surface area (Å²) in [6, 6.07) is 14.7. The topological polar surface area (TPSA) is 82.8 Å². The third kappa shape index (κ3) is 5.51. The van der Waals surface area contributed by atoms with Gasteiger partial charge in [-0.15, -0.1) is 0 Å². The second-order valence-electron chi connectivity index (χ2n) is 6.30. The molecule has 2 aromatic carbocycles. The molecule has 0 aliphatic rings. The fraction of sp³-hybridized carbons (Fsp3) is 0.273. The van der Waals surface area contributed by atoms with Crippen molar-refractivity contribution < 1.29 is 23.4 Å². The van der Waals surface area contributed by atoms with Crippen LogP contribution < -0.4 is 19.5 Å². The summed E-state index contributed by atoms with van der Waals surface area (Å²) in [5.41, 5.74) is 1.44. The summed E-state index contributed by atoms with van der Waals surface area (Å²) < 4.78 is 21.6. The second-order valence-corrected chi connectivity index (χ2v) is 6.30. The summed E-state index contributed by atoms with van der Waals surface area (Å²) in [6.45, 7) is 2.56. The molecule has 0 saturated heterocycles. The van der Waals surface area contributed by atoms with E-state index in [1.165, 1.54) is 0 Å². The summed E-state index contributed by atoms with van der Waals surface area (Å²) in [4.78, 5) is 16.7. The van der Waals surface area contributed by atoms with Crippen molar-refractivity contribution in [3.8, 4) is 28.7 Å². The highest BCUT2D eigenvalue weighted by molar-refractivity contribution is 5.78. The minimum atomic E-state index is -0.138. The molecular weight excluding hydrogens is 372 g/mol. The van der Waals surface area contributed by atoms with Crippen LogP contribution in [0.3, 0.4) is 0 Å². The normalized spacial score (nSPS) is 10.4. The molecule has 7 heteroatoms. The molecule has 3 rings (SSSR count). The van der Waals surface area contributed by atoms with E-state index in [9.17, 15) is 4.79 Å². The Morgan fingerprint density at radius 2 is 1.55 bits per heavy atom. The highest BCUT2D eigenvalue weighted by atomic mass is 16.5. The lowest BCUT2D eigenvalue weighted by Crippen LogP contribution is -2.29. The molecular formula is C22H24N2O5. The van der Waals surface area contributed by atoms with E-state index < -0.39 is 0 Å². The van der Waals surface area contributed by atoms with Gasteiger partial charge < -0.3 is 23.9 Å². The average Bonchev–Trinajstić information content (AvgIpc) is 3.12. The summed E-state index contributed by atoms with van der Waals surface area (Å²) in [6.07, 6.45) is 0.147. The molecule has 3 aromatic rings. The van der Waals surface area contributed by atoms with Crippen molar-refractivity contribution in [2.24, 2.45) is 0 Å². The minimum Gasteiger partial charge on any atom is -0.497 e. The molecule has 1 heterocycles. The summed E-state index contributed by atoms with van der Waals surface area (Å²) >= 11 is 0. The second kappa shape index (κ2) is 9.64. The average molecular weight is 396 g/mol. The van der Waals surface area contributed by atoms with E-state index in [-0.39, 0.29) is 12.3 Å². The lowest BCUT2D eigenvalue weighted by molar-refractivity contribution is -0.120. The number of amides is 1. The zero-order valence-corrected chi connectivity index (χ0v) is 16.7. The zero-order valence-electron chi connectivity index (χ0n) is 16.7. The Balaban J connectivity index is 1.48. The number of methoxy groups -OCH3 is 2. The molecule has 1 amide bonds. The Bertz CT molecular complexity index is 933. The molecule has 0 atom stereocenters. The number of aromatic nitrogens is 1. The van der Waals surface area contributed by atoms with Crippen molar-refractivity contribution in [1.82, 2.24) is 10.3 Å². The number of carbonyl (C=O) groups excluding carboxylic acids is 1. The lowest BCUT2D eigenvalue weighted by Gasteiger charge is -2.08. The number of nitrogens with one attached hydrogen (secondary N) is 1. The number of hydrogen-bond acceptors (Lipinski definition) is 6. The number of aryl methyl sites for hydroxylation is 1. The Morgan fingerprint density at radius 1 is 0.966 bits per heavy atom. The van der Waals surface area contributed by atoms with Gasteiger partial charge in [-0.1, -0.05) is 0 Å². The summed E-state index contributed by atoms with van der Waals surface area (Å²) in [5, 5.41) is 2.83. The van der Waals surface area contributed by atoms with Crippen molar-refractivity contribution in [2.45, 2.75) is 13.3 Å². The molecule has 0 aliphatic heterocycles. The maximum absolute atomic E-state index is 12.2. The van der Waals surface area contributed by atoms with Gasteiger partial charge in [-0.05, 0) is 55.5 Å². The first-order valence-electron chi connectivity index (χ1n) is 9.23. The van der Waals surface area contributed by atoms with Gasteiger partial charge in [0.05, 0.1) is 32.9 Å². The summed E-state index contributed by atoms with van der Waals surface area (Å²) in [7, 11) is 3.23. The van der Waals surface area contributed by atoms with Crippen LogP contribution in [-0.2, 0) is 11.2 Å². The summed E-state index contributed by atoms with van der Waals surface area (Å²) in [5.74, 6) is 3.21. The fourth-order valence-corrected chi connectivity index (χ4v) is 2.69. The monoisotopic (exact) mass is 396 g/mol. The van der Waals surface area contributed by atoms with Gasteiger partial charge in [0.2, 0.25) is 11.8 Å². The van der Waals surface area contributed by atoms with Gasteiger partial charge in [-0.3, -0.25) is 4.79 Å². The molecule has 0 radical (unpaired) electrons. The molecule has 0 aliphatic carbocycles. The van der Waals surface area contributed by atoms with Crippen LogP contribution in [-0.4, -0.2) is 38.3 Å². The van der Waals surface area contributed by atoms with E-state index in [0.29, 0.717) is 30.5 Å². The van der Waals surface area contributed by atoms with Crippen molar-refractivity contribution in [3.05, 3.63) is 60.0 Å². The third-order valence-corrected chi connectivity index (χ3v) is 4.31. The van der Waals surface area contributed by atoms with E-state index >= 15 is 0 Å². The molecule has 0 bridgehead atoms. The highest BCUT2D eigenvalue weighted by Crippen LogP contribution is 2.24. The predicted molar refractivity (Wildman–Crippen MR) is 108 cm³/mol. The molecule has 0 spiro atoms. The number of rotatable bonds is 9. The molecule has 29 heavy (non-hydrogen) atoms. The number of nitrogens with zero attached hydrogens (tertiary/aromatic N) is 1. The van der Waals surface area contributed by atoms with Gasteiger partial charge in [0.25, 0.3) is 0 Å². The van der Waals surface area contributed by atoms with Crippen LogP contribution in [0.4, 0.5) is 0 Å². The first-order valence-corrected chi connectivity index (χ1v) is 9.23. The Labute approximate surface area is 169 Å². The minimum absolute atomic E-state index is 0.138. The molecule has 7 nitrogen and oxygen atoms in total. The molecule has 0 unspecified atom stereocenters. The highest BCUT2D eigenvalue weighted by Gasteiger charge is 2.14. The Kier molecular flexibility index (Phi) is 6.73. The van der Waals surface area contributed by atoms with Gasteiger partial charge in [-0.2, -0.15) is 0 Å². The number of oxazole rings is 1. The largest absolute Gasteiger partial charge is 0.497 e. The third-order valence-electron chi connectivity index (χ3n) is 4.31. The first kappa shape index (κ1) is 20.3. The molecule has 0 saturated carbocycles. The fourth-order valence-electron chi connectivity index (χ4n) is 2.69. The van der Waals surface area contributed by atoms with Gasteiger partial charge in [0.1, 0.15) is 29.6 Å². The van der Waals surface area contributed by atoms with E-state index in [0.717, 1.165) is 22.8 Å². The van der Waals surface area contributed by atoms with Crippen molar-refractivity contribution in [1.29, 1.82) is 0 Å². The van der Waals surface area contributed by atoms with Crippen LogP contribution in [0.1, 0.15) is 11.5 Å². The van der Waals surface area contributed by atoms with Gasteiger partial charge in [0.15, 0.2) is 0 Å².